The zero-order valence-corrected chi connectivity index (χ0v) is 20.9. The minimum Gasteiger partial charge on any atom is -0.308 e. The Kier molecular flexibility index (Phi) is 5.30. The number of para-hydroxylation sites is 2. The fourth-order valence-electron chi connectivity index (χ4n) is 5.46. The summed E-state index contributed by atoms with van der Waals surface area (Å²) in [5.74, 6) is 0.0567. The van der Waals surface area contributed by atoms with Crippen molar-refractivity contribution in [1.29, 1.82) is 0 Å². The number of fused-ring (bicyclic) bond motifs is 3. The van der Waals surface area contributed by atoms with E-state index in [1.807, 2.05) is 42.5 Å². The number of hydrogen-bond acceptors (Lipinski definition) is 3. The van der Waals surface area contributed by atoms with E-state index in [2.05, 4.69) is 95.9 Å². The SMILES string of the molecule is O=C1/C(=C\c2ccc3c(c2)Sc2ccccc2N3c2ccccc2)C(c2ccccc2)c2ccccc21. The predicted octanol–water partition coefficient (Wildman–Crippen LogP) is 9.03. The first-order valence-electron chi connectivity index (χ1n) is 12.4. The molecule has 3 heteroatoms. The highest BCUT2D eigenvalue weighted by Gasteiger charge is 2.35. The van der Waals surface area contributed by atoms with E-state index in [9.17, 15) is 4.79 Å². The van der Waals surface area contributed by atoms with Crippen LogP contribution in [0.25, 0.3) is 6.08 Å². The van der Waals surface area contributed by atoms with Crippen LogP contribution in [0.1, 0.15) is 33.0 Å². The predicted molar refractivity (Wildman–Crippen MR) is 152 cm³/mol. The Bertz CT molecular complexity index is 1670. The number of benzene rings is 5. The number of anilines is 3. The van der Waals surface area contributed by atoms with E-state index < -0.39 is 0 Å². The van der Waals surface area contributed by atoms with Gasteiger partial charge < -0.3 is 4.90 Å². The molecule has 1 aliphatic heterocycles. The minimum atomic E-state index is -0.0601. The molecule has 7 rings (SSSR count). The van der Waals surface area contributed by atoms with Crippen LogP contribution in [0.4, 0.5) is 17.1 Å². The molecular weight excluding hydrogens is 470 g/mol. The van der Waals surface area contributed by atoms with Gasteiger partial charge in [-0.2, -0.15) is 0 Å². The average Bonchev–Trinajstić information content (AvgIpc) is 3.23. The van der Waals surface area contributed by atoms with E-state index in [0.717, 1.165) is 39.2 Å². The highest BCUT2D eigenvalue weighted by molar-refractivity contribution is 7.99. The molecule has 1 heterocycles. The summed E-state index contributed by atoms with van der Waals surface area (Å²) >= 11 is 1.78. The summed E-state index contributed by atoms with van der Waals surface area (Å²) in [4.78, 5) is 18.3. The molecule has 0 fully saturated rings. The monoisotopic (exact) mass is 493 g/mol. The molecule has 5 aromatic rings. The number of nitrogens with zero attached hydrogens (tertiary/aromatic N) is 1. The van der Waals surface area contributed by atoms with Gasteiger partial charge in [0.1, 0.15) is 0 Å². The average molecular weight is 494 g/mol. The Balaban J connectivity index is 1.35. The molecule has 1 aliphatic carbocycles. The van der Waals surface area contributed by atoms with Gasteiger partial charge in [-0.1, -0.05) is 103 Å². The zero-order valence-electron chi connectivity index (χ0n) is 20.0. The first kappa shape index (κ1) is 21.9. The first-order valence-corrected chi connectivity index (χ1v) is 13.3. The summed E-state index contributed by atoms with van der Waals surface area (Å²) in [6, 6.07) is 43.9. The van der Waals surface area contributed by atoms with Crippen LogP contribution in [0.3, 0.4) is 0 Å². The van der Waals surface area contributed by atoms with Gasteiger partial charge in [0.25, 0.3) is 0 Å². The molecule has 2 nitrogen and oxygen atoms in total. The molecule has 0 aromatic heterocycles. The topological polar surface area (TPSA) is 20.3 Å². The van der Waals surface area contributed by atoms with Gasteiger partial charge in [0.15, 0.2) is 5.78 Å². The maximum atomic E-state index is 13.6. The fourth-order valence-corrected chi connectivity index (χ4v) is 6.57. The smallest absolute Gasteiger partial charge is 0.190 e. The van der Waals surface area contributed by atoms with E-state index in [1.165, 1.54) is 15.5 Å². The molecule has 37 heavy (non-hydrogen) atoms. The van der Waals surface area contributed by atoms with Crippen molar-refractivity contribution in [2.75, 3.05) is 4.90 Å². The van der Waals surface area contributed by atoms with Gasteiger partial charge >= 0.3 is 0 Å². The maximum Gasteiger partial charge on any atom is 0.190 e. The lowest BCUT2D eigenvalue weighted by atomic mass is 9.89. The molecule has 5 aromatic carbocycles. The normalized spacial score (nSPS) is 16.9. The number of Topliss-reactive ketones (excluding diaryl/α,β-unsaturated/α-hetero) is 1. The molecule has 176 valence electrons. The van der Waals surface area contributed by atoms with Crippen LogP contribution in [-0.4, -0.2) is 5.78 Å². The van der Waals surface area contributed by atoms with Crippen molar-refractivity contribution in [3.8, 4) is 0 Å². The van der Waals surface area contributed by atoms with Gasteiger partial charge in [0.2, 0.25) is 0 Å². The Morgan fingerprint density at radius 2 is 1.32 bits per heavy atom. The van der Waals surface area contributed by atoms with Gasteiger partial charge in [-0.15, -0.1) is 0 Å². The molecular formula is C34H23NOS. The number of carbonyl (C=O) groups is 1. The largest absolute Gasteiger partial charge is 0.308 e. The number of hydrogen-bond donors (Lipinski definition) is 0. The van der Waals surface area contributed by atoms with Crippen LogP contribution in [0.2, 0.25) is 0 Å². The van der Waals surface area contributed by atoms with Crippen LogP contribution in [0.15, 0.2) is 143 Å². The van der Waals surface area contributed by atoms with Gasteiger partial charge in [-0.25, -0.2) is 0 Å². The van der Waals surface area contributed by atoms with E-state index in [4.69, 9.17) is 0 Å². The van der Waals surface area contributed by atoms with Crippen LogP contribution in [0.5, 0.6) is 0 Å². The lowest BCUT2D eigenvalue weighted by molar-refractivity contribution is 0.103. The third-order valence-electron chi connectivity index (χ3n) is 7.11. The van der Waals surface area contributed by atoms with E-state index in [0.29, 0.717) is 0 Å². The molecule has 0 saturated heterocycles. The highest BCUT2D eigenvalue weighted by atomic mass is 32.2. The van der Waals surface area contributed by atoms with Gasteiger partial charge in [0.05, 0.1) is 11.4 Å². The second-order valence-corrected chi connectivity index (χ2v) is 10.4. The Labute approximate surface area is 220 Å². The van der Waals surface area contributed by atoms with Gasteiger partial charge in [0, 0.05) is 32.5 Å². The zero-order chi connectivity index (χ0) is 24.8. The van der Waals surface area contributed by atoms with E-state index >= 15 is 0 Å². The second-order valence-electron chi connectivity index (χ2n) is 9.33. The minimum absolute atomic E-state index is 0.0601. The summed E-state index contributed by atoms with van der Waals surface area (Å²) in [6.45, 7) is 0. The van der Waals surface area contributed by atoms with E-state index in [1.54, 1.807) is 11.8 Å². The number of rotatable bonds is 3. The number of ketones is 1. The Morgan fingerprint density at radius 3 is 2.16 bits per heavy atom. The Morgan fingerprint density at radius 1 is 0.649 bits per heavy atom. The number of carbonyl (C=O) groups excluding carboxylic acids is 1. The van der Waals surface area contributed by atoms with E-state index in [-0.39, 0.29) is 11.7 Å². The molecule has 0 N–H and O–H groups in total. The van der Waals surface area contributed by atoms with Crippen LogP contribution in [0, 0.1) is 0 Å². The molecule has 1 atom stereocenters. The van der Waals surface area contributed by atoms with Crippen LogP contribution in [-0.2, 0) is 0 Å². The first-order chi connectivity index (χ1) is 18.3. The summed E-state index contributed by atoms with van der Waals surface area (Å²) in [6.07, 6.45) is 2.09. The van der Waals surface area contributed by atoms with Crippen molar-refractivity contribution < 1.29 is 4.79 Å². The van der Waals surface area contributed by atoms with Crippen LogP contribution >= 0.6 is 11.8 Å². The van der Waals surface area contributed by atoms with Gasteiger partial charge in [-0.3, -0.25) is 4.79 Å². The lowest BCUT2D eigenvalue weighted by Crippen LogP contribution is -2.14. The Hall–Kier alpha value is -4.34. The highest BCUT2D eigenvalue weighted by Crippen LogP contribution is 2.52. The lowest BCUT2D eigenvalue weighted by Gasteiger charge is -2.33. The summed E-state index contributed by atoms with van der Waals surface area (Å²) in [7, 11) is 0. The molecule has 1 unspecified atom stereocenters. The molecule has 0 amide bonds. The quantitative estimate of drug-likeness (QED) is 0.229. The molecule has 0 saturated carbocycles. The van der Waals surface area contributed by atoms with Crippen LogP contribution < -0.4 is 4.90 Å². The number of allylic oxidation sites excluding steroid dienone is 1. The fraction of sp³-hybridized carbons (Fsp3) is 0.0294. The third kappa shape index (κ3) is 3.71. The second kappa shape index (κ2) is 8.95. The van der Waals surface area contributed by atoms with Crippen molar-refractivity contribution >= 4 is 40.7 Å². The summed E-state index contributed by atoms with van der Waals surface area (Å²) in [5.41, 5.74) is 8.36. The van der Waals surface area contributed by atoms with Crippen molar-refractivity contribution in [2.45, 2.75) is 15.7 Å². The van der Waals surface area contributed by atoms with Gasteiger partial charge in [-0.05, 0) is 59.2 Å². The van der Waals surface area contributed by atoms with Crippen molar-refractivity contribution in [2.24, 2.45) is 0 Å². The molecule has 2 aliphatic rings. The third-order valence-corrected chi connectivity index (χ3v) is 8.22. The van der Waals surface area contributed by atoms with Crippen molar-refractivity contribution in [3.05, 3.63) is 155 Å². The summed E-state index contributed by atoms with van der Waals surface area (Å²) in [5, 5.41) is 0. The van der Waals surface area contributed by atoms with Crippen molar-refractivity contribution in [3.63, 3.8) is 0 Å². The molecule has 0 spiro atoms. The standard InChI is InChI=1S/C34H23NOS/c36-34-27-16-8-7-15-26(27)33(24-11-3-1-4-12-24)28(34)21-23-19-20-30-32(22-23)37-31-18-10-9-17-29(31)35(30)25-13-5-2-6-14-25/h1-22,33H/b28-21-. The molecule has 0 bridgehead atoms. The molecule has 0 radical (unpaired) electrons. The summed E-state index contributed by atoms with van der Waals surface area (Å²) < 4.78 is 0. The van der Waals surface area contributed by atoms with Crippen molar-refractivity contribution in [1.82, 2.24) is 0 Å². The maximum absolute atomic E-state index is 13.6.